The molecule has 5 heteroatoms. The number of anilines is 2. The van der Waals surface area contributed by atoms with Crippen molar-refractivity contribution >= 4 is 45.7 Å². The van der Waals surface area contributed by atoms with Crippen molar-refractivity contribution in [3.05, 3.63) is 109 Å². The van der Waals surface area contributed by atoms with Gasteiger partial charge in [-0.25, -0.2) is 4.98 Å². The van der Waals surface area contributed by atoms with Crippen LogP contribution in [0.4, 0.5) is 11.4 Å². The zero-order valence-electron chi connectivity index (χ0n) is 18.2. The van der Waals surface area contributed by atoms with Gasteiger partial charge in [0.25, 0.3) is 0 Å². The Morgan fingerprint density at radius 1 is 0.647 bits per heavy atom. The van der Waals surface area contributed by atoms with Gasteiger partial charge in [0.05, 0.1) is 16.7 Å². The lowest BCUT2D eigenvalue weighted by molar-refractivity contribution is 0.603. The van der Waals surface area contributed by atoms with Gasteiger partial charge >= 0.3 is 7.05 Å². The van der Waals surface area contributed by atoms with Crippen LogP contribution in [0.2, 0.25) is 0 Å². The van der Waals surface area contributed by atoms with Crippen LogP contribution in [0.25, 0.3) is 38.8 Å². The average molecular weight is 435 g/mol. The maximum absolute atomic E-state index is 6.44. The smallest absolute Gasteiger partial charge is 0.526 e. The molecule has 2 aromatic heterocycles. The molecule has 0 unspecified atom stereocenters. The second-order valence-electron chi connectivity index (χ2n) is 8.82. The molecule has 0 aliphatic carbocycles. The molecule has 6 aromatic rings. The van der Waals surface area contributed by atoms with Crippen LogP contribution >= 0.6 is 0 Å². The minimum atomic E-state index is -0.220. The first-order valence-electron chi connectivity index (χ1n) is 11.5. The molecule has 0 atom stereocenters. The van der Waals surface area contributed by atoms with E-state index in [2.05, 4.69) is 100 Å². The minimum Gasteiger partial charge on any atom is -0.536 e. The van der Waals surface area contributed by atoms with Gasteiger partial charge < -0.3 is 9.47 Å². The first-order valence-corrected chi connectivity index (χ1v) is 11.5. The van der Waals surface area contributed by atoms with Crippen LogP contribution in [0, 0.1) is 0 Å². The van der Waals surface area contributed by atoms with Gasteiger partial charge in [0, 0.05) is 33.7 Å². The van der Waals surface area contributed by atoms with Crippen molar-refractivity contribution in [2.75, 3.05) is 4.81 Å². The van der Waals surface area contributed by atoms with E-state index < -0.39 is 0 Å². The molecule has 0 fully saturated rings. The van der Waals surface area contributed by atoms with Gasteiger partial charge in [-0.3, -0.25) is 4.57 Å². The number of benzene rings is 4. The largest absolute Gasteiger partial charge is 0.536 e. The van der Waals surface area contributed by atoms with E-state index in [1.54, 1.807) is 0 Å². The summed E-state index contributed by atoms with van der Waals surface area (Å²) in [5.41, 5.74) is 8.01. The molecule has 2 aliphatic heterocycles. The van der Waals surface area contributed by atoms with Crippen LogP contribution in [-0.4, -0.2) is 16.6 Å². The number of hydrogen-bond donors (Lipinski definition) is 0. The Labute approximate surface area is 196 Å². The second-order valence-corrected chi connectivity index (χ2v) is 8.82. The summed E-state index contributed by atoms with van der Waals surface area (Å²) >= 11 is 0. The normalized spacial score (nSPS) is 13.4. The first kappa shape index (κ1) is 18.0. The predicted molar refractivity (Wildman–Crippen MR) is 139 cm³/mol. The first-order chi connectivity index (χ1) is 16.9. The summed E-state index contributed by atoms with van der Waals surface area (Å²) in [5, 5.41) is 2.47. The Morgan fingerprint density at radius 2 is 1.29 bits per heavy atom. The van der Waals surface area contributed by atoms with Crippen LogP contribution in [0.15, 0.2) is 109 Å². The number of hydrogen-bond acceptors (Lipinski definition) is 3. The zero-order chi connectivity index (χ0) is 22.2. The molecule has 34 heavy (non-hydrogen) atoms. The Hall–Kier alpha value is -4.51. The Balaban J connectivity index is 1.40. The molecular formula is C29H18BN3O. The highest BCUT2D eigenvalue weighted by atomic mass is 16.5. The summed E-state index contributed by atoms with van der Waals surface area (Å²) in [7, 11) is -0.220. The highest BCUT2D eigenvalue weighted by Crippen LogP contribution is 2.47. The minimum absolute atomic E-state index is 0.220. The highest BCUT2D eigenvalue weighted by Gasteiger charge is 2.45. The van der Waals surface area contributed by atoms with E-state index >= 15 is 0 Å². The number of para-hydroxylation sites is 5. The summed E-state index contributed by atoms with van der Waals surface area (Å²) < 4.78 is 8.71. The highest BCUT2D eigenvalue weighted by molar-refractivity contribution is 6.77. The molecule has 0 N–H and O–H groups in total. The van der Waals surface area contributed by atoms with Crippen molar-refractivity contribution in [1.82, 2.24) is 9.55 Å². The van der Waals surface area contributed by atoms with Crippen LogP contribution in [0.1, 0.15) is 0 Å². The van der Waals surface area contributed by atoms with E-state index in [-0.39, 0.29) is 7.05 Å². The van der Waals surface area contributed by atoms with E-state index in [1.165, 1.54) is 16.3 Å². The molecule has 4 nitrogen and oxygen atoms in total. The third kappa shape index (κ3) is 2.26. The number of rotatable bonds is 1. The summed E-state index contributed by atoms with van der Waals surface area (Å²) in [6.45, 7) is 0. The molecule has 2 aliphatic rings. The molecule has 0 spiro atoms. The van der Waals surface area contributed by atoms with E-state index in [0.29, 0.717) is 0 Å². The van der Waals surface area contributed by atoms with Gasteiger partial charge in [0.2, 0.25) is 0 Å². The third-order valence-corrected chi connectivity index (χ3v) is 7.05. The summed E-state index contributed by atoms with van der Waals surface area (Å²) in [4.78, 5) is 7.27. The van der Waals surface area contributed by atoms with Crippen LogP contribution < -0.4 is 14.9 Å². The third-order valence-electron chi connectivity index (χ3n) is 7.05. The number of nitrogens with zero attached hydrogens (tertiary/aromatic N) is 3. The SMILES string of the molecule is c1ccc2c(c1)OB1c3cnc(-n4c5ccccc5c5ccccc54)cc3-c3ccccc3N12. The maximum atomic E-state index is 6.44. The van der Waals surface area contributed by atoms with Crippen molar-refractivity contribution in [3.8, 4) is 22.7 Å². The van der Waals surface area contributed by atoms with Crippen molar-refractivity contribution < 1.29 is 4.65 Å². The van der Waals surface area contributed by atoms with Crippen LogP contribution in [-0.2, 0) is 0 Å². The van der Waals surface area contributed by atoms with Crippen LogP contribution in [0.5, 0.6) is 5.75 Å². The van der Waals surface area contributed by atoms with Gasteiger partial charge in [-0.05, 0) is 42.0 Å². The van der Waals surface area contributed by atoms with E-state index in [4.69, 9.17) is 9.64 Å². The van der Waals surface area contributed by atoms with Crippen molar-refractivity contribution in [2.24, 2.45) is 0 Å². The van der Waals surface area contributed by atoms with Gasteiger partial charge in [0.15, 0.2) is 0 Å². The van der Waals surface area contributed by atoms with Crippen molar-refractivity contribution in [1.29, 1.82) is 0 Å². The Kier molecular flexibility index (Phi) is 3.45. The number of aromatic nitrogens is 2. The molecule has 0 saturated carbocycles. The molecule has 0 bridgehead atoms. The second kappa shape index (κ2) is 6.52. The predicted octanol–water partition coefficient (Wildman–Crippen LogP) is 6.09. The number of pyridine rings is 1. The lowest BCUT2D eigenvalue weighted by atomic mass is 9.65. The van der Waals surface area contributed by atoms with Crippen molar-refractivity contribution in [3.63, 3.8) is 0 Å². The summed E-state index contributed by atoms with van der Waals surface area (Å²) in [5.74, 6) is 1.82. The van der Waals surface area contributed by atoms with Crippen molar-refractivity contribution in [2.45, 2.75) is 0 Å². The molecule has 0 radical (unpaired) electrons. The Morgan fingerprint density at radius 3 is 2.09 bits per heavy atom. The van der Waals surface area contributed by atoms with E-state index in [9.17, 15) is 0 Å². The van der Waals surface area contributed by atoms with Crippen LogP contribution in [0.3, 0.4) is 0 Å². The lowest BCUT2D eigenvalue weighted by Crippen LogP contribution is -2.50. The molecular weight excluding hydrogens is 417 g/mol. The Bertz CT molecular complexity index is 1720. The molecule has 0 amide bonds. The zero-order valence-corrected chi connectivity index (χ0v) is 18.2. The molecule has 0 saturated heterocycles. The average Bonchev–Trinajstić information content (AvgIpc) is 3.45. The summed E-state index contributed by atoms with van der Waals surface area (Å²) in [6, 6.07) is 36.1. The molecule has 8 rings (SSSR count). The fraction of sp³-hybridized carbons (Fsp3) is 0. The van der Waals surface area contributed by atoms with Gasteiger partial charge in [-0.2, -0.15) is 0 Å². The quantitative estimate of drug-likeness (QED) is 0.293. The molecule has 4 heterocycles. The number of fused-ring (bicyclic) bond motifs is 11. The van der Waals surface area contributed by atoms with E-state index in [1.807, 2.05) is 18.3 Å². The van der Waals surface area contributed by atoms with E-state index in [0.717, 1.165) is 45.0 Å². The summed E-state index contributed by atoms with van der Waals surface area (Å²) in [6.07, 6.45) is 1.99. The fourth-order valence-corrected chi connectivity index (χ4v) is 5.60. The lowest BCUT2D eigenvalue weighted by Gasteiger charge is -2.31. The van der Waals surface area contributed by atoms with Gasteiger partial charge in [-0.1, -0.05) is 66.7 Å². The maximum Gasteiger partial charge on any atom is 0.526 e. The fourth-order valence-electron chi connectivity index (χ4n) is 5.60. The topological polar surface area (TPSA) is 30.3 Å². The monoisotopic (exact) mass is 435 g/mol. The molecule has 158 valence electrons. The molecule has 4 aromatic carbocycles. The standard InChI is InChI=1S/C29H18BN3O/c1-4-12-24-19(9-1)20-10-2-5-13-25(20)32(24)29-17-22-21-11-3-6-14-26(21)33-27-15-7-8-16-28(27)34-30(33)23(22)18-31-29/h1-18H. The van der Waals surface area contributed by atoms with Gasteiger partial charge in [0.1, 0.15) is 11.6 Å². The van der Waals surface area contributed by atoms with Gasteiger partial charge in [-0.15, -0.1) is 0 Å².